The number of nitrogens with two attached hydrogens (primary N) is 1. The van der Waals surface area contributed by atoms with E-state index in [1.54, 1.807) is 0 Å². The molecule has 4 heteroatoms. The van der Waals surface area contributed by atoms with E-state index in [4.69, 9.17) is 5.73 Å². The van der Waals surface area contributed by atoms with Crippen molar-refractivity contribution in [3.05, 3.63) is 11.3 Å². The van der Waals surface area contributed by atoms with Gasteiger partial charge in [0.05, 0.1) is 5.69 Å². The van der Waals surface area contributed by atoms with Crippen molar-refractivity contribution < 1.29 is 0 Å². The van der Waals surface area contributed by atoms with Crippen LogP contribution in [0.3, 0.4) is 0 Å². The first kappa shape index (κ1) is 7.61. The lowest BCUT2D eigenvalue weighted by atomic mass is 10.1. The smallest absolute Gasteiger partial charge is 0.125 e. The molecule has 0 aromatic carbocycles. The summed E-state index contributed by atoms with van der Waals surface area (Å²) in [6, 6.07) is 0. The average Bonchev–Trinajstić information content (AvgIpc) is 2.44. The second-order valence-electron chi connectivity index (χ2n) is 3.05. The van der Waals surface area contributed by atoms with Crippen LogP contribution in [-0.2, 0) is 19.5 Å². The largest absolute Gasteiger partial charge is 0.384 e. The van der Waals surface area contributed by atoms with Gasteiger partial charge in [0.15, 0.2) is 0 Å². The highest BCUT2D eigenvalue weighted by Gasteiger charge is 2.16. The molecule has 66 valence electrons. The van der Waals surface area contributed by atoms with Crippen LogP contribution < -0.4 is 11.1 Å². The summed E-state index contributed by atoms with van der Waals surface area (Å²) in [6.07, 6.45) is 1.02. The van der Waals surface area contributed by atoms with E-state index in [0.717, 1.165) is 37.6 Å². The summed E-state index contributed by atoms with van der Waals surface area (Å²) in [4.78, 5) is 0. The normalized spacial score (nSPS) is 16.1. The van der Waals surface area contributed by atoms with Crippen LogP contribution in [0.1, 0.15) is 18.2 Å². The van der Waals surface area contributed by atoms with Crippen molar-refractivity contribution in [2.45, 2.75) is 26.4 Å². The zero-order chi connectivity index (χ0) is 8.55. The summed E-state index contributed by atoms with van der Waals surface area (Å²) < 4.78 is 1.87. The van der Waals surface area contributed by atoms with Gasteiger partial charge in [-0.3, -0.25) is 0 Å². The highest BCUT2D eigenvalue weighted by molar-refractivity contribution is 5.44. The van der Waals surface area contributed by atoms with Gasteiger partial charge in [-0.05, 0) is 19.9 Å². The minimum atomic E-state index is 0.856. The van der Waals surface area contributed by atoms with Gasteiger partial charge in [0, 0.05) is 18.7 Å². The number of nitrogens with zero attached hydrogens (tertiary/aromatic N) is 2. The van der Waals surface area contributed by atoms with Crippen LogP contribution >= 0.6 is 0 Å². The topological polar surface area (TPSA) is 55.9 Å². The molecule has 1 aromatic heterocycles. The quantitative estimate of drug-likeness (QED) is 0.623. The standard InChI is InChI=1S/C8H14N4/c1-2-12-8(9)6-3-4-10-5-7(6)11-12/h10H,2-5,9H2,1H3. The number of nitrogen functional groups attached to an aromatic ring is 1. The van der Waals surface area contributed by atoms with Crippen molar-refractivity contribution in [1.29, 1.82) is 0 Å². The lowest BCUT2D eigenvalue weighted by Gasteiger charge is -2.10. The fourth-order valence-corrected chi connectivity index (χ4v) is 1.64. The molecule has 0 unspecified atom stereocenters. The molecule has 1 aliphatic rings. The van der Waals surface area contributed by atoms with Gasteiger partial charge < -0.3 is 11.1 Å². The van der Waals surface area contributed by atoms with E-state index in [0.29, 0.717) is 0 Å². The molecule has 1 aromatic rings. The molecule has 0 atom stereocenters. The number of nitrogens with one attached hydrogen (secondary N) is 1. The number of aryl methyl sites for hydroxylation is 1. The third-order valence-corrected chi connectivity index (χ3v) is 2.32. The summed E-state index contributed by atoms with van der Waals surface area (Å²) in [5, 5.41) is 7.67. The van der Waals surface area contributed by atoms with Crippen molar-refractivity contribution in [3.8, 4) is 0 Å². The third-order valence-electron chi connectivity index (χ3n) is 2.32. The lowest BCUT2D eigenvalue weighted by Crippen LogP contribution is -2.23. The average molecular weight is 166 g/mol. The van der Waals surface area contributed by atoms with Gasteiger partial charge >= 0.3 is 0 Å². The van der Waals surface area contributed by atoms with Crippen molar-refractivity contribution in [2.75, 3.05) is 12.3 Å². The summed E-state index contributed by atoms with van der Waals surface area (Å²) in [5.41, 5.74) is 8.28. The van der Waals surface area contributed by atoms with E-state index in [1.165, 1.54) is 5.56 Å². The van der Waals surface area contributed by atoms with Gasteiger partial charge in [0.1, 0.15) is 5.82 Å². The van der Waals surface area contributed by atoms with Crippen LogP contribution in [0.15, 0.2) is 0 Å². The number of fused-ring (bicyclic) bond motifs is 1. The molecule has 2 rings (SSSR count). The lowest BCUT2D eigenvalue weighted by molar-refractivity contribution is 0.610. The van der Waals surface area contributed by atoms with Crippen molar-refractivity contribution in [2.24, 2.45) is 0 Å². The molecule has 1 aliphatic heterocycles. The third kappa shape index (κ3) is 0.992. The Morgan fingerprint density at radius 3 is 3.17 bits per heavy atom. The molecule has 0 bridgehead atoms. The van der Waals surface area contributed by atoms with Crippen LogP contribution in [0.2, 0.25) is 0 Å². The van der Waals surface area contributed by atoms with Gasteiger partial charge in [-0.15, -0.1) is 0 Å². The maximum Gasteiger partial charge on any atom is 0.125 e. The first-order valence-corrected chi connectivity index (χ1v) is 4.37. The van der Waals surface area contributed by atoms with Gasteiger partial charge in [-0.1, -0.05) is 0 Å². The minimum absolute atomic E-state index is 0.856. The Kier molecular flexibility index (Phi) is 1.77. The summed E-state index contributed by atoms with van der Waals surface area (Å²) in [5.74, 6) is 0.856. The summed E-state index contributed by atoms with van der Waals surface area (Å²) in [6.45, 7) is 4.81. The van der Waals surface area contributed by atoms with E-state index >= 15 is 0 Å². The van der Waals surface area contributed by atoms with Crippen LogP contribution in [-0.4, -0.2) is 16.3 Å². The second kappa shape index (κ2) is 2.79. The molecule has 0 aliphatic carbocycles. The minimum Gasteiger partial charge on any atom is -0.384 e. The summed E-state index contributed by atoms with van der Waals surface area (Å²) in [7, 11) is 0. The monoisotopic (exact) mass is 166 g/mol. The maximum absolute atomic E-state index is 5.91. The number of anilines is 1. The van der Waals surface area contributed by atoms with Gasteiger partial charge in [-0.2, -0.15) is 5.10 Å². The SMILES string of the molecule is CCn1nc2c(c1N)CCNC2. The predicted octanol–water partition coefficient (Wildman–Crippen LogP) is 0.131. The van der Waals surface area contributed by atoms with Crippen LogP contribution in [0, 0.1) is 0 Å². The first-order chi connectivity index (χ1) is 5.83. The van der Waals surface area contributed by atoms with Gasteiger partial charge in [0.25, 0.3) is 0 Å². The van der Waals surface area contributed by atoms with Crippen LogP contribution in [0.5, 0.6) is 0 Å². The fourth-order valence-electron chi connectivity index (χ4n) is 1.64. The maximum atomic E-state index is 5.91. The molecule has 4 nitrogen and oxygen atoms in total. The first-order valence-electron chi connectivity index (χ1n) is 4.37. The van der Waals surface area contributed by atoms with E-state index in [-0.39, 0.29) is 0 Å². The second-order valence-corrected chi connectivity index (χ2v) is 3.05. The highest BCUT2D eigenvalue weighted by atomic mass is 15.3. The number of rotatable bonds is 1. The van der Waals surface area contributed by atoms with E-state index in [1.807, 2.05) is 4.68 Å². The van der Waals surface area contributed by atoms with E-state index < -0.39 is 0 Å². The van der Waals surface area contributed by atoms with Crippen molar-refractivity contribution >= 4 is 5.82 Å². The van der Waals surface area contributed by atoms with Gasteiger partial charge in [-0.25, -0.2) is 4.68 Å². The molecule has 0 saturated carbocycles. The Hall–Kier alpha value is -1.03. The Labute approximate surface area is 71.7 Å². The van der Waals surface area contributed by atoms with E-state index in [9.17, 15) is 0 Å². The molecule has 0 amide bonds. The predicted molar refractivity (Wildman–Crippen MR) is 47.7 cm³/mol. The molecule has 3 N–H and O–H groups in total. The molecular weight excluding hydrogens is 152 g/mol. The Morgan fingerprint density at radius 1 is 1.67 bits per heavy atom. The molecule has 0 radical (unpaired) electrons. The summed E-state index contributed by atoms with van der Waals surface area (Å²) >= 11 is 0. The molecule has 0 fully saturated rings. The van der Waals surface area contributed by atoms with Crippen LogP contribution in [0.25, 0.3) is 0 Å². The fraction of sp³-hybridized carbons (Fsp3) is 0.625. The zero-order valence-corrected chi connectivity index (χ0v) is 7.30. The molecular formula is C8H14N4. The Balaban J connectivity index is 2.44. The number of hydrogen-bond donors (Lipinski definition) is 2. The number of hydrogen-bond acceptors (Lipinski definition) is 3. The Morgan fingerprint density at radius 2 is 2.50 bits per heavy atom. The molecule has 12 heavy (non-hydrogen) atoms. The number of aromatic nitrogens is 2. The van der Waals surface area contributed by atoms with E-state index in [2.05, 4.69) is 17.3 Å². The van der Waals surface area contributed by atoms with Crippen molar-refractivity contribution in [3.63, 3.8) is 0 Å². The van der Waals surface area contributed by atoms with Crippen molar-refractivity contribution in [1.82, 2.24) is 15.1 Å². The van der Waals surface area contributed by atoms with Crippen LogP contribution in [0.4, 0.5) is 5.82 Å². The molecule has 0 saturated heterocycles. The molecule has 0 spiro atoms. The Bertz CT molecular complexity index is 289. The highest BCUT2D eigenvalue weighted by Crippen LogP contribution is 2.19. The molecule has 2 heterocycles. The van der Waals surface area contributed by atoms with Gasteiger partial charge in [0.2, 0.25) is 0 Å². The zero-order valence-electron chi connectivity index (χ0n) is 7.30.